The molecule has 2 rings (SSSR count). The Morgan fingerprint density at radius 3 is 2.15 bits per heavy atom. The zero-order valence-electron chi connectivity index (χ0n) is 19.3. The Morgan fingerprint density at radius 2 is 1.59 bits per heavy atom. The van der Waals surface area contributed by atoms with E-state index in [1.165, 1.54) is 17.0 Å². The smallest absolute Gasteiger partial charge is 0.407 e. The van der Waals surface area contributed by atoms with Crippen LogP contribution in [0.2, 0.25) is 15.1 Å². The van der Waals surface area contributed by atoms with Crippen LogP contribution in [-0.4, -0.2) is 36.2 Å². The van der Waals surface area contributed by atoms with E-state index in [9.17, 15) is 23.4 Å². The van der Waals surface area contributed by atoms with Gasteiger partial charge in [0.25, 0.3) is 0 Å². The molecule has 0 aliphatic rings. The summed E-state index contributed by atoms with van der Waals surface area (Å²) in [5.41, 5.74) is 1.25. The number of rotatable bonds is 10. The lowest BCUT2D eigenvalue weighted by Crippen LogP contribution is -2.32. The van der Waals surface area contributed by atoms with Crippen LogP contribution in [0, 0.1) is 11.8 Å². The molecular formula is C23H29Cl3N2O5S. The van der Waals surface area contributed by atoms with Gasteiger partial charge in [0.1, 0.15) is 0 Å². The quantitative estimate of drug-likeness (QED) is 0.338. The number of hydrogen-bond donors (Lipinski definition) is 3. The van der Waals surface area contributed by atoms with Gasteiger partial charge in [-0.2, -0.15) is 0 Å². The van der Waals surface area contributed by atoms with Crippen LogP contribution < -0.4 is 4.72 Å². The van der Waals surface area contributed by atoms with Crippen LogP contribution in [-0.2, 0) is 23.1 Å². The number of nitrogens with one attached hydrogen (secondary N) is 1. The first-order valence-corrected chi connectivity index (χ1v) is 13.3. The fraction of sp³-hybridized carbons (Fsp3) is 0.435. The number of carbonyl (C=O) groups is 1. The van der Waals surface area contributed by atoms with Gasteiger partial charge in [0.15, 0.2) is 0 Å². The highest BCUT2D eigenvalue weighted by molar-refractivity contribution is 7.89. The molecule has 0 saturated carbocycles. The molecule has 11 heteroatoms. The van der Waals surface area contributed by atoms with Gasteiger partial charge in [-0.3, -0.25) is 0 Å². The molecular weight excluding hydrogens is 523 g/mol. The minimum absolute atomic E-state index is 0.0537. The minimum atomic E-state index is -4.12. The van der Waals surface area contributed by atoms with Crippen molar-refractivity contribution in [2.24, 2.45) is 11.8 Å². The standard InChI is InChI=1S/C23H29Cl3N2O5S/c1-13(2)11-28(23(30)31)12-16-5-15(6-17(24)7-16)10-27-34(32,33)20-9-18(25)8-19(26)21(20)22(29)14(3)4/h5-9,13-14,22,27,29H,10-12H2,1-4H3,(H,30,31). The number of nitrogens with zero attached hydrogens (tertiary/aromatic N) is 1. The lowest BCUT2D eigenvalue weighted by atomic mass is 9.99. The normalized spacial score (nSPS) is 12.9. The maximum atomic E-state index is 13.2. The van der Waals surface area contributed by atoms with Crippen molar-refractivity contribution in [1.82, 2.24) is 9.62 Å². The van der Waals surface area contributed by atoms with E-state index in [-0.39, 0.29) is 45.4 Å². The topological polar surface area (TPSA) is 107 Å². The average Bonchev–Trinajstić information content (AvgIpc) is 2.70. The van der Waals surface area contributed by atoms with E-state index in [4.69, 9.17) is 34.8 Å². The molecule has 3 N–H and O–H groups in total. The largest absolute Gasteiger partial charge is 0.465 e. The van der Waals surface area contributed by atoms with Crippen LogP contribution >= 0.6 is 34.8 Å². The lowest BCUT2D eigenvalue weighted by Gasteiger charge is -2.22. The molecule has 0 saturated heterocycles. The molecule has 0 heterocycles. The van der Waals surface area contributed by atoms with E-state index < -0.39 is 22.2 Å². The predicted molar refractivity (Wildman–Crippen MR) is 135 cm³/mol. The van der Waals surface area contributed by atoms with Crippen molar-refractivity contribution in [3.8, 4) is 0 Å². The van der Waals surface area contributed by atoms with E-state index in [1.807, 2.05) is 13.8 Å². The number of aliphatic hydroxyl groups is 1. The number of aliphatic hydroxyl groups excluding tert-OH is 1. The molecule has 0 aromatic heterocycles. The van der Waals surface area contributed by atoms with Crippen LogP contribution in [0.15, 0.2) is 35.2 Å². The van der Waals surface area contributed by atoms with Crippen molar-refractivity contribution in [2.45, 2.75) is 51.8 Å². The van der Waals surface area contributed by atoms with Crippen LogP contribution in [0.25, 0.3) is 0 Å². The first kappa shape index (κ1) is 28.7. The first-order valence-electron chi connectivity index (χ1n) is 10.6. The minimum Gasteiger partial charge on any atom is -0.465 e. The van der Waals surface area contributed by atoms with Crippen LogP contribution in [0.1, 0.15) is 50.5 Å². The number of hydrogen-bond acceptors (Lipinski definition) is 4. The average molecular weight is 552 g/mol. The van der Waals surface area contributed by atoms with Crippen molar-refractivity contribution in [3.05, 3.63) is 62.1 Å². The van der Waals surface area contributed by atoms with E-state index in [1.54, 1.807) is 32.0 Å². The summed E-state index contributed by atoms with van der Waals surface area (Å²) in [5.74, 6) is -0.146. The van der Waals surface area contributed by atoms with Crippen molar-refractivity contribution in [2.75, 3.05) is 6.54 Å². The first-order chi connectivity index (χ1) is 15.7. The fourth-order valence-corrected chi connectivity index (χ4v) is 5.76. The second kappa shape index (κ2) is 11.9. The van der Waals surface area contributed by atoms with Gasteiger partial charge in [-0.15, -0.1) is 0 Å². The van der Waals surface area contributed by atoms with E-state index in [0.29, 0.717) is 22.7 Å². The maximum Gasteiger partial charge on any atom is 0.407 e. The summed E-state index contributed by atoms with van der Waals surface area (Å²) >= 11 is 18.5. The van der Waals surface area contributed by atoms with Gasteiger partial charge < -0.3 is 15.1 Å². The molecule has 0 aliphatic heterocycles. The Bertz CT molecular complexity index is 1140. The summed E-state index contributed by atoms with van der Waals surface area (Å²) in [6.45, 7) is 7.66. The molecule has 2 aromatic carbocycles. The highest BCUT2D eigenvalue weighted by Gasteiger charge is 2.27. The molecule has 0 fully saturated rings. The number of sulfonamides is 1. The summed E-state index contributed by atoms with van der Waals surface area (Å²) in [4.78, 5) is 12.6. The van der Waals surface area contributed by atoms with Gasteiger partial charge >= 0.3 is 6.09 Å². The van der Waals surface area contributed by atoms with E-state index >= 15 is 0 Å². The molecule has 1 atom stereocenters. The number of benzene rings is 2. The van der Waals surface area contributed by atoms with Crippen molar-refractivity contribution >= 4 is 50.9 Å². The Kier molecular flexibility index (Phi) is 10.1. The third kappa shape index (κ3) is 7.73. The molecule has 188 valence electrons. The third-order valence-electron chi connectivity index (χ3n) is 4.99. The van der Waals surface area contributed by atoms with Crippen molar-refractivity contribution < 1.29 is 23.4 Å². The Morgan fingerprint density at radius 1 is 1.00 bits per heavy atom. The molecule has 0 radical (unpaired) electrons. The van der Waals surface area contributed by atoms with Crippen LogP contribution in [0.4, 0.5) is 4.79 Å². The summed E-state index contributed by atoms with van der Waals surface area (Å²) < 4.78 is 28.8. The maximum absolute atomic E-state index is 13.2. The Balaban J connectivity index is 2.33. The summed E-state index contributed by atoms with van der Waals surface area (Å²) in [7, 11) is -4.12. The lowest BCUT2D eigenvalue weighted by molar-refractivity contribution is 0.124. The number of amides is 1. The summed E-state index contributed by atoms with van der Waals surface area (Å²) in [6, 6.07) is 7.56. The van der Waals surface area contributed by atoms with Gasteiger partial charge in [-0.05, 0) is 47.2 Å². The monoisotopic (exact) mass is 550 g/mol. The molecule has 0 bridgehead atoms. The second-order valence-corrected chi connectivity index (χ2v) is 11.9. The van der Waals surface area contributed by atoms with Gasteiger partial charge in [0, 0.05) is 40.3 Å². The number of halogens is 3. The van der Waals surface area contributed by atoms with Gasteiger partial charge in [0.05, 0.1) is 11.0 Å². The van der Waals surface area contributed by atoms with E-state index in [0.717, 1.165) is 0 Å². The highest BCUT2D eigenvalue weighted by atomic mass is 35.5. The molecule has 34 heavy (non-hydrogen) atoms. The molecule has 0 spiro atoms. The highest BCUT2D eigenvalue weighted by Crippen LogP contribution is 2.36. The summed E-state index contributed by atoms with van der Waals surface area (Å²) in [5, 5.41) is 20.6. The molecule has 1 unspecified atom stereocenters. The third-order valence-corrected chi connectivity index (χ3v) is 7.18. The van der Waals surface area contributed by atoms with Crippen molar-refractivity contribution in [3.63, 3.8) is 0 Å². The Labute approximate surface area is 215 Å². The predicted octanol–water partition coefficient (Wildman–Crippen LogP) is 5.95. The number of carboxylic acid groups (broad SMARTS) is 1. The SMILES string of the molecule is CC(C)CN(Cc1cc(Cl)cc(CNS(=O)(=O)c2cc(Cl)cc(Cl)c2C(O)C(C)C)c1)C(=O)O. The van der Waals surface area contributed by atoms with Gasteiger partial charge in [-0.25, -0.2) is 17.9 Å². The molecule has 7 nitrogen and oxygen atoms in total. The Hall–Kier alpha value is -1.55. The van der Waals surface area contributed by atoms with Crippen LogP contribution in [0.5, 0.6) is 0 Å². The van der Waals surface area contributed by atoms with Gasteiger partial charge in [0.2, 0.25) is 10.0 Å². The molecule has 2 aromatic rings. The second-order valence-electron chi connectivity index (χ2n) is 8.84. The molecule has 0 aliphatic carbocycles. The van der Waals surface area contributed by atoms with Crippen LogP contribution in [0.3, 0.4) is 0 Å². The van der Waals surface area contributed by atoms with E-state index in [2.05, 4.69) is 4.72 Å². The zero-order valence-corrected chi connectivity index (χ0v) is 22.4. The molecule has 1 amide bonds. The summed E-state index contributed by atoms with van der Waals surface area (Å²) in [6.07, 6.45) is -2.16. The van der Waals surface area contributed by atoms with Crippen molar-refractivity contribution in [1.29, 1.82) is 0 Å². The fourth-order valence-electron chi connectivity index (χ4n) is 3.44. The zero-order chi connectivity index (χ0) is 25.8. The van der Waals surface area contributed by atoms with Gasteiger partial charge in [-0.1, -0.05) is 68.6 Å².